The molecular formula is C12H17ClN2. The summed E-state index contributed by atoms with van der Waals surface area (Å²) in [4.78, 5) is 2.38. The maximum absolute atomic E-state index is 6.22. The summed E-state index contributed by atoms with van der Waals surface area (Å²) < 4.78 is 0. The molecule has 1 N–H and O–H groups in total. The lowest BCUT2D eigenvalue weighted by atomic mass is 10.1. The van der Waals surface area contributed by atoms with Crippen LogP contribution in [-0.4, -0.2) is 31.6 Å². The quantitative estimate of drug-likeness (QED) is 0.788. The first-order valence-corrected chi connectivity index (χ1v) is 5.82. The van der Waals surface area contributed by atoms with Crippen LogP contribution in [0, 0.1) is 0 Å². The minimum Gasteiger partial charge on any atom is -0.315 e. The molecule has 1 aliphatic rings. The van der Waals surface area contributed by atoms with E-state index in [9.17, 15) is 0 Å². The summed E-state index contributed by atoms with van der Waals surface area (Å²) in [7, 11) is 2.17. The second-order valence-corrected chi connectivity index (χ2v) is 4.48. The van der Waals surface area contributed by atoms with E-state index in [1.54, 1.807) is 0 Å². The maximum Gasteiger partial charge on any atom is 0.0484 e. The Balaban J connectivity index is 2.24. The van der Waals surface area contributed by atoms with Crippen LogP contribution in [0.2, 0.25) is 5.02 Å². The molecule has 0 saturated carbocycles. The molecule has 1 unspecified atom stereocenters. The summed E-state index contributed by atoms with van der Waals surface area (Å²) in [5.41, 5.74) is 1.23. The monoisotopic (exact) mass is 224 g/mol. The molecule has 0 amide bonds. The third-order valence-electron chi connectivity index (χ3n) is 3.00. The molecule has 1 aliphatic heterocycles. The van der Waals surface area contributed by atoms with Crippen molar-refractivity contribution >= 4 is 11.6 Å². The fourth-order valence-corrected chi connectivity index (χ4v) is 2.36. The SMILES string of the molecule is CN1CCCNCC1c1ccccc1Cl. The van der Waals surface area contributed by atoms with Gasteiger partial charge in [0.15, 0.2) is 0 Å². The van der Waals surface area contributed by atoms with Crippen LogP contribution in [0.1, 0.15) is 18.0 Å². The molecule has 0 bridgehead atoms. The number of nitrogens with zero attached hydrogens (tertiary/aromatic N) is 1. The number of hydrogen-bond donors (Lipinski definition) is 1. The van der Waals surface area contributed by atoms with Gasteiger partial charge in [-0.15, -0.1) is 0 Å². The smallest absolute Gasteiger partial charge is 0.0484 e. The number of nitrogens with one attached hydrogen (secondary N) is 1. The molecule has 15 heavy (non-hydrogen) atoms. The highest BCUT2D eigenvalue weighted by atomic mass is 35.5. The van der Waals surface area contributed by atoms with Gasteiger partial charge in [0, 0.05) is 17.6 Å². The number of rotatable bonds is 1. The van der Waals surface area contributed by atoms with Gasteiger partial charge in [-0.2, -0.15) is 0 Å². The van der Waals surface area contributed by atoms with Crippen LogP contribution >= 0.6 is 11.6 Å². The third kappa shape index (κ3) is 2.51. The van der Waals surface area contributed by atoms with Crippen LogP contribution in [0.4, 0.5) is 0 Å². The number of benzene rings is 1. The zero-order valence-electron chi connectivity index (χ0n) is 9.04. The molecule has 1 fully saturated rings. The van der Waals surface area contributed by atoms with E-state index in [1.807, 2.05) is 12.1 Å². The zero-order chi connectivity index (χ0) is 10.7. The lowest BCUT2D eigenvalue weighted by Gasteiger charge is -2.26. The van der Waals surface area contributed by atoms with Crippen LogP contribution in [-0.2, 0) is 0 Å². The van der Waals surface area contributed by atoms with Crippen molar-refractivity contribution in [3.63, 3.8) is 0 Å². The number of halogens is 1. The molecule has 2 rings (SSSR count). The third-order valence-corrected chi connectivity index (χ3v) is 3.34. The van der Waals surface area contributed by atoms with E-state index in [-0.39, 0.29) is 0 Å². The van der Waals surface area contributed by atoms with Gasteiger partial charge in [0.25, 0.3) is 0 Å². The average Bonchev–Trinajstić information content (AvgIpc) is 2.44. The Morgan fingerprint density at radius 1 is 1.40 bits per heavy atom. The Morgan fingerprint density at radius 2 is 2.20 bits per heavy atom. The van der Waals surface area contributed by atoms with E-state index in [2.05, 4.69) is 29.4 Å². The average molecular weight is 225 g/mol. The lowest BCUT2D eigenvalue weighted by Crippen LogP contribution is -2.29. The van der Waals surface area contributed by atoms with Gasteiger partial charge in [-0.3, -0.25) is 4.90 Å². The predicted molar refractivity (Wildman–Crippen MR) is 64.3 cm³/mol. The van der Waals surface area contributed by atoms with Gasteiger partial charge >= 0.3 is 0 Å². The summed E-state index contributed by atoms with van der Waals surface area (Å²) in [5, 5.41) is 4.33. The van der Waals surface area contributed by atoms with Crippen LogP contribution in [0.5, 0.6) is 0 Å². The Morgan fingerprint density at radius 3 is 3.00 bits per heavy atom. The van der Waals surface area contributed by atoms with Crippen molar-refractivity contribution in [2.24, 2.45) is 0 Å². The fourth-order valence-electron chi connectivity index (χ4n) is 2.10. The molecular weight excluding hydrogens is 208 g/mol. The van der Waals surface area contributed by atoms with E-state index in [1.165, 1.54) is 12.0 Å². The van der Waals surface area contributed by atoms with E-state index in [0.717, 1.165) is 24.7 Å². The molecule has 1 heterocycles. The maximum atomic E-state index is 6.22. The first-order chi connectivity index (χ1) is 7.29. The van der Waals surface area contributed by atoms with Gasteiger partial charge < -0.3 is 5.32 Å². The highest BCUT2D eigenvalue weighted by molar-refractivity contribution is 6.31. The summed E-state index contributed by atoms with van der Waals surface area (Å²) in [5.74, 6) is 0. The molecule has 0 spiro atoms. The number of likely N-dealkylation sites (N-methyl/N-ethyl adjacent to an activating group) is 1. The Bertz CT molecular complexity index is 327. The predicted octanol–water partition coefficient (Wildman–Crippen LogP) is 2.31. The summed E-state index contributed by atoms with van der Waals surface area (Å²) >= 11 is 6.22. The van der Waals surface area contributed by atoms with Gasteiger partial charge in [-0.05, 0) is 38.2 Å². The molecule has 82 valence electrons. The van der Waals surface area contributed by atoms with Gasteiger partial charge in [0.1, 0.15) is 0 Å². The molecule has 1 aromatic carbocycles. The summed E-state index contributed by atoms with van der Waals surface area (Å²) in [6, 6.07) is 8.53. The normalized spacial score (nSPS) is 23.7. The summed E-state index contributed by atoms with van der Waals surface area (Å²) in [6.45, 7) is 3.22. The highest BCUT2D eigenvalue weighted by Gasteiger charge is 2.20. The van der Waals surface area contributed by atoms with Crippen molar-refractivity contribution < 1.29 is 0 Å². The van der Waals surface area contributed by atoms with Crippen LogP contribution in [0.15, 0.2) is 24.3 Å². The topological polar surface area (TPSA) is 15.3 Å². The molecule has 1 atom stereocenters. The minimum absolute atomic E-state index is 0.404. The van der Waals surface area contributed by atoms with Crippen LogP contribution in [0.3, 0.4) is 0 Å². The van der Waals surface area contributed by atoms with Crippen molar-refractivity contribution in [2.45, 2.75) is 12.5 Å². The second kappa shape index (κ2) is 4.97. The number of hydrogen-bond acceptors (Lipinski definition) is 2. The minimum atomic E-state index is 0.404. The van der Waals surface area contributed by atoms with E-state index < -0.39 is 0 Å². The molecule has 1 saturated heterocycles. The van der Waals surface area contributed by atoms with Crippen LogP contribution < -0.4 is 5.32 Å². The van der Waals surface area contributed by atoms with Gasteiger partial charge in [0.2, 0.25) is 0 Å². The van der Waals surface area contributed by atoms with Crippen molar-refractivity contribution in [2.75, 3.05) is 26.7 Å². The van der Waals surface area contributed by atoms with Gasteiger partial charge in [-0.1, -0.05) is 29.8 Å². The van der Waals surface area contributed by atoms with E-state index in [0.29, 0.717) is 6.04 Å². The van der Waals surface area contributed by atoms with Crippen molar-refractivity contribution in [1.29, 1.82) is 0 Å². The largest absolute Gasteiger partial charge is 0.315 e. The molecule has 0 aromatic heterocycles. The Labute approximate surface area is 96.2 Å². The van der Waals surface area contributed by atoms with Gasteiger partial charge in [-0.25, -0.2) is 0 Å². The first kappa shape index (κ1) is 10.9. The van der Waals surface area contributed by atoms with E-state index in [4.69, 9.17) is 11.6 Å². The zero-order valence-corrected chi connectivity index (χ0v) is 9.80. The lowest BCUT2D eigenvalue weighted by molar-refractivity contribution is 0.262. The standard InChI is InChI=1S/C12H17ClN2/c1-15-8-4-7-14-9-12(15)10-5-2-3-6-11(10)13/h2-3,5-6,12,14H,4,7-9H2,1H3. The molecule has 3 heteroatoms. The molecule has 0 radical (unpaired) electrons. The fraction of sp³-hybridized carbons (Fsp3) is 0.500. The second-order valence-electron chi connectivity index (χ2n) is 4.08. The molecule has 0 aliphatic carbocycles. The van der Waals surface area contributed by atoms with Crippen molar-refractivity contribution in [3.8, 4) is 0 Å². The molecule has 1 aromatic rings. The van der Waals surface area contributed by atoms with E-state index >= 15 is 0 Å². The molecule has 2 nitrogen and oxygen atoms in total. The summed E-state index contributed by atoms with van der Waals surface area (Å²) in [6.07, 6.45) is 1.21. The van der Waals surface area contributed by atoms with Crippen molar-refractivity contribution in [3.05, 3.63) is 34.9 Å². The highest BCUT2D eigenvalue weighted by Crippen LogP contribution is 2.26. The Kier molecular flexibility index (Phi) is 3.62. The Hall–Kier alpha value is -0.570. The van der Waals surface area contributed by atoms with Gasteiger partial charge in [0.05, 0.1) is 0 Å². The van der Waals surface area contributed by atoms with Crippen LogP contribution in [0.25, 0.3) is 0 Å². The first-order valence-electron chi connectivity index (χ1n) is 5.44. The van der Waals surface area contributed by atoms with Crippen molar-refractivity contribution in [1.82, 2.24) is 10.2 Å².